The zero-order valence-corrected chi connectivity index (χ0v) is 10.8. The van der Waals surface area contributed by atoms with Gasteiger partial charge in [0.25, 0.3) is 5.56 Å². The molecule has 0 aromatic carbocycles. The normalized spacial score (nSPS) is 14.7. The lowest BCUT2D eigenvalue weighted by molar-refractivity contribution is 0.700. The molecule has 0 fully saturated rings. The van der Waals surface area contributed by atoms with E-state index in [0.717, 1.165) is 29.5 Å². The topological polar surface area (TPSA) is 100 Å². The van der Waals surface area contributed by atoms with E-state index in [1.165, 1.54) is 16.9 Å². The maximum Gasteiger partial charge on any atom is 0.260 e. The van der Waals surface area contributed by atoms with Gasteiger partial charge >= 0.3 is 0 Å². The van der Waals surface area contributed by atoms with Gasteiger partial charge in [-0.3, -0.25) is 4.79 Å². The molecule has 1 aliphatic carbocycles. The highest BCUT2D eigenvalue weighted by Gasteiger charge is 2.20. The predicted molar refractivity (Wildman–Crippen MR) is 70.1 cm³/mol. The third-order valence-electron chi connectivity index (χ3n) is 3.38. The van der Waals surface area contributed by atoms with Crippen LogP contribution in [0.15, 0.2) is 4.79 Å². The van der Waals surface area contributed by atoms with Gasteiger partial charge in [0.2, 0.25) is 5.82 Å². The molecule has 0 radical (unpaired) electrons. The first-order chi connectivity index (χ1) is 9.33. The molecule has 3 aromatic rings. The van der Waals surface area contributed by atoms with Crippen molar-refractivity contribution in [2.24, 2.45) is 0 Å². The zero-order chi connectivity index (χ0) is 12.8. The molecule has 3 aromatic heterocycles. The summed E-state index contributed by atoms with van der Waals surface area (Å²) in [6, 6.07) is 0. The molecule has 19 heavy (non-hydrogen) atoms. The van der Waals surface area contributed by atoms with Gasteiger partial charge in [-0.1, -0.05) is 0 Å². The highest BCUT2D eigenvalue weighted by Crippen LogP contribution is 2.33. The Kier molecular flexibility index (Phi) is 2.25. The first kappa shape index (κ1) is 10.8. The van der Waals surface area contributed by atoms with Gasteiger partial charge in [0.15, 0.2) is 5.82 Å². The van der Waals surface area contributed by atoms with Crippen LogP contribution in [0.25, 0.3) is 21.9 Å². The molecule has 96 valence electrons. The summed E-state index contributed by atoms with van der Waals surface area (Å²) in [7, 11) is 0. The molecule has 0 atom stereocenters. The van der Waals surface area contributed by atoms with Crippen molar-refractivity contribution in [3.05, 3.63) is 20.8 Å². The van der Waals surface area contributed by atoms with Gasteiger partial charge < -0.3 is 4.98 Å². The number of tetrazole rings is 1. The van der Waals surface area contributed by atoms with Crippen molar-refractivity contribution in [2.45, 2.75) is 25.7 Å². The standard InChI is InChI=1S/C11H10N6OS/c18-10-7-5-3-1-2-4-6(5)19-11(7)13-8(12-10)9-14-16-17-15-9/h1-4H2,(H,12,13,18)(H,14,15,16,17). The van der Waals surface area contributed by atoms with Crippen molar-refractivity contribution >= 4 is 21.6 Å². The van der Waals surface area contributed by atoms with E-state index >= 15 is 0 Å². The molecule has 8 heteroatoms. The van der Waals surface area contributed by atoms with Crippen LogP contribution in [0, 0.1) is 0 Å². The summed E-state index contributed by atoms with van der Waals surface area (Å²) in [5.41, 5.74) is 1.07. The second-order valence-electron chi connectivity index (χ2n) is 4.54. The maximum absolute atomic E-state index is 12.3. The van der Waals surface area contributed by atoms with Gasteiger partial charge in [0.05, 0.1) is 5.39 Å². The fourth-order valence-electron chi connectivity index (χ4n) is 2.53. The highest BCUT2D eigenvalue weighted by atomic mass is 32.1. The molecule has 0 unspecified atom stereocenters. The van der Waals surface area contributed by atoms with Crippen LogP contribution in [-0.4, -0.2) is 30.6 Å². The number of H-pyrrole nitrogens is 2. The first-order valence-electron chi connectivity index (χ1n) is 6.11. The smallest absolute Gasteiger partial charge is 0.260 e. The molecule has 1 aliphatic rings. The van der Waals surface area contributed by atoms with E-state index < -0.39 is 0 Å². The molecule has 0 saturated carbocycles. The average Bonchev–Trinajstić information content (AvgIpc) is 3.05. The van der Waals surface area contributed by atoms with E-state index in [2.05, 4.69) is 30.6 Å². The molecule has 0 amide bonds. The van der Waals surface area contributed by atoms with Crippen molar-refractivity contribution in [3.63, 3.8) is 0 Å². The molecule has 2 N–H and O–H groups in total. The molecule has 3 heterocycles. The molecule has 0 saturated heterocycles. The number of hydrogen-bond acceptors (Lipinski definition) is 6. The van der Waals surface area contributed by atoms with Crippen molar-refractivity contribution in [1.82, 2.24) is 30.6 Å². The van der Waals surface area contributed by atoms with Gasteiger partial charge in [0, 0.05) is 4.88 Å². The van der Waals surface area contributed by atoms with E-state index in [1.807, 2.05) is 0 Å². The summed E-state index contributed by atoms with van der Waals surface area (Å²) in [5.74, 6) is 0.676. The number of fused-ring (bicyclic) bond motifs is 3. The summed E-state index contributed by atoms with van der Waals surface area (Å²) in [6.07, 6.45) is 4.36. The van der Waals surface area contributed by atoms with Crippen LogP contribution in [0.4, 0.5) is 0 Å². The van der Waals surface area contributed by atoms with Crippen LogP contribution >= 0.6 is 11.3 Å². The number of aromatic amines is 2. The Hall–Kier alpha value is -2.09. The lowest BCUT2D eigenvalue weighted by Gasteiger charge is -2.09. The number of aromatic nitrogens is 6. The van der Waals surface area contributed by atoms with Crippen LogP contribution in [0.5, 0.6) is 0 Å². The summed E-state index contributed by atoms with van der Waals surface area (Å²) in [5, 5.41) is 14.3. The third kappa shape index (κ3) is 1.60. The number of aryl methyl sites for hydroxylation is 2. The lowest BCUT2D eigenvalue weighted by atomic mass is 9.97. The van der Waals surface area contributed by atoms with E-state index in [-0.39, 0.29) is 5.56 Å². The van der Waals surface area contributed by atoms with E-state index in [0.29, 0.717) is 11.6 Å². The minimum atomic E-state index is -0.107. The molecule has 0 spiro atoms. The largest absolute Gasteiger partial charge is 0.303 e. The second kappa shape index (κ2) is 3.95. The molecular formula is C11H10N6OS. The van der Waals surface area contributed by atoms with Crippen molar-refractivity contribution in [1.29, 1.82) is 0 Å². The Bertz CT molecular complexity index is 803. The quantitative estimate of drug-likeness (QED) is 0.690. The van der Waals surface area contributed by atoms with Crippen molar-refractivity contribution in [3.8, 4) is 11.6 Å². The fourth-order valence-corrected chi connectivity index (χ4v) is 3.79. The van der Waals surface area contributed by atoms with Crippen LogP contribution in [0.3, 0.4) is 0 Å². The third-order valence-corrected chi connectivity index (χ3v) is 4.57. The van der Waals surface area contributed by atoms with Gasteiger partial charge in [0.1, 0.15) is 4.83 Å². The Morgan fingerprint density at radius 1 is 1.21 bits per heavy atom. The predicted octanol–water partition coefficient (Wildman–Crippen LogP) is 1.04. The maximum atomic E-state index is 12.3. The molecular weight excluding hydrogens is 264 g/mol. The Balaban J connectivity index is 2.00. The monoisotopic (exact) mass is 274 g/mol. The van der Waals surface area contributed by atoms with Crippen LogP contribution in [-0.2, 0) is 12.8 Å². The Morgan fingerprint density at radius 2 is 2.11 bits per heavy atom. The molecule has 4 rings (SSSR count). The molecule has 0 aliphatic heterocycles. The number of hydrogen-bond donors (Lipinski definition) is 2. The number of rotatable bonds is 1. The highest BCUT2D eigenvalue weighted by molar-refractivity contribution is 7.18. The zero-order valence-electron chi connectivity index (χ0n) is 9.93. The van der Waals surface area contributed by atoms with Gasteiger partial charge in [-0.25, -0.2) is 4.98 Å². The lowest BCUT2D eigenvalue weighted by Crippen LogP contribution is -2.11. The van der Waals surface area contributed by atoms with Crippen LogP contribution in [0.2, 0.25) is 0 Å². The van der Waals surface area contributed by atoms with E-state index in [9.17, 15) is 4.79 Å². The minimum Gasteiger partial charge on any atom is -0.303 e. The summed E-state index contributed by atoms with van der Waals surface area (Å²) in [6.45, 7) is 0. The minimum absolute atomic E-state index is 0.107. The van der Waals surface area contributed by atoms with E-state index in [1.54, 1.807) is 11.3 Å². The van der Waals surface area contributed by atoms with Gasteiger partial charge in [-0.05, 0) is 36.5 Å². The second-order valence-corrected chi connectivity index (χ2v) is 5.62. The Morgan fingerprint density at radius 3 is 2.95 bits per heavy atom. The van der Waals surface area contributed by atoms with Crippen molar-refractivity contribution in [2.75, 3.05) is 0 Å². The van der Waals surface area contributed by atoms with E-state index in [4.69, 9.17) is 0 Å². The van der Waals surface area contributed by atoms with Gasteiger partial charge in [-0.15, -0.1) is 21.5 Å². The first-order valence-corrected chi connectivity index (χ1v) is 6.93. The number of nitrogens with zero attached hydrogens (tertiary/aromatic N) is 4. The Labute approximate surface area is 111 Å². The molecule has 0 bridgehead atoms. The molecule has 7 nitrogen and oxygen atoms in total. The SMILES string of the molecule is O=c1[nH]c(-c2nn[nH]n2)nc2sc3c(c12)CCCC3. The summed E-state index contributed by atoms with van der Waals surface area (Å²) in [4.78, 5) is 21.5. The van der Waals surface area contributed by atoms with Crippen LogP contribution in [0.1, 0.15) is 23.3 Å². The number of nitrogens with one attached hydrogen (secondary N) is 2. The van der Waals surface area contributed by atoms with Gasteiger partial charge in [-0.2, -0.15) is 5.21 Å². The fraction of sp³-hybridized carbons (Fsp3) is 0.364. The number of thiophene rings is 1. The summed E-state index contributed by atoms with van der Waals surface area (Å²) >= 11 is 1.61. The summed E-state index contributed by atoms with van der Waals surface area (Å²) < 4.78 is 0. The van der Waals surface area contributed by atoms with Crippen LogP contribution < -0.4 is 5.56 Å². The van der Waals surface area contributed by atoms with Crippen molar-refractivity contribution < 1.29 is 0 Å². The average molecular weight is 274 g/mol.